The zero-order chi connectivity index (χ0) is 13.1. The Morgan fingerprint density at radius 3 is 2.65 bits per heavy atom. The van der Waals surface area contributed by atoms with Crippen molar-refractivity contribution < 1.29 is 4.79 Å². The molecule has 0 aliphatic carbocycles. The summed E-state index contributed by atoms with van der Waals surface area (Å²) in [4.78, 5) is 11.7. The van der Waals surface area contributed by atoms with E-state index in [9.17, 15) is 4.79 Å². The van der Waals surface area contributed by atoms with Crippen molar-refractivity contribution in [3.05, 3.63) is 34.9 Å². The molecule has 0 spiro atoms. The summed E-state index contributed by atoms with van der Waals surface area (Å²) in [6.45, 7) is 6.65. The number of carbonyl (C=O) groups excluding carboxylic acids is 1. The van der Waals surface area contributed by atoms with E-state index in [1.807, 2.05) is 12.1 Å². The molecule has 0 aliphatic rings. The van der Waals surface area contributed by atoms with Crippen LogP contribution in [-0.4, -0.2) is 12.5 Å². The highest BCUT2D eigenvalue weighted by atomic mass is 35.5. The molecule has 1 amide bonds. The SMILES string of the molecule is CC(C)CNC(C)(C(N)=O)c1cccc(Cl)c1. The molecule has 1 aromatic rings. The van der Waals surface area contributed by atoms with Crippen molar-refractivity contribution in [2.75, 3.05) is 6.54 Å². The van der Waals surface area contributed by atoms with Gasteiger partial charge in [-0.3, -0.25) is 10.1 Å². The molecule has 3 nitrogen and oxygen atoms in total. The molecule has 0 bridgehead atoms. The van der Waals surface area contributed by atoms with Crippen LogP contribution in [0.15, 0.2) is 24.3 Å². The van der Waals surface area contributed by atoms with Crippen molar-refractivity contribution in [2.45, 2.75) is 26.3 Å². The second-order valence-corrected chi connectivity index (χ2v) is 5.21. The first-order valence-corrected chi connectivity index (χ1v) is 6.05. The highest BCUT2D eigenvalue weighted by Crippen LogP contribution is 2.23. The number of nitrogens with one attached hydrogen (secondary N) is 1. The van der Waals surface area contributed by atoms with E-state index in [1.165, 1.54) is 0 Å². The Hall–Kier alpha value is -1.06. The Balaban J connectivity index is 3.03. The molecule has 4 heteroatoms. The molecule has 1 atom stereocenters. The summed E-state index contributed by atoms with van der Waals surface area (Å²) in [5.41, 5.74) is 5.40. The van der Waals surface area contributed by atoms with Gasteiger partial charge in [0, 0.05) is 5.02 Å². The van der Waals surface area contributed by atoms with Crippen LogP contribution in [0, 0.1) is 5.92 Å². The molecule has 1 aromatic carbocycles. The minimum atomic E-state index is -0.880. The van der Waals surface area contributed by atoms with Crippen LogP contribution in [0.25, 0.3) is 0 Å². The summed E-state index contributed by atoms with van der Waals surface area (Å²) in [5.74, 6) is 0.0354. The molecule has 0 fully saturated rings. The molecule has 3 N–H and O–H groups in total. The molecular weight excluding hydrogens is 236 g/mol. The van der Waals surface area contributed by atoms with E-state index in [0.717, 1.165) is 5.56 Å². The van der Waals surface area contributed by atoms with Gasteiger partial charge in [0.05, 0.1) is 0 Å². The number of hydrogen-bond acceptors (Lipinski definition) is 2. The third kappa shape index (κ3) is 3.45. The van der Waals surface area contributed by atoms with E-state index in [-0.39, 0.29) is 0 Å². The Bertz CT molecular complexity index is 406. The third-order valence-corrected chi connectivity index (χ3v) is 2.99. The lowest BCUT2D eigenvalue weighted by atomic mass is 9.90. The van der Waals surface area contributed by atoms with Crippen molar-refractivity contribution >= 4 is 17.5 Å². The van der Waals surface area contributed by atoms with Gasteiger partial charge < -0.3 is 5.73 Å². The fourth-order valence-corrected chi connectivity index (χ4v) is 1.73. The number of rotatable bonds is 5. The first-order chi connectivity index (χ1) is 7.86. The number of hydrogen-bond donors (Lipinski definition) is 2. The van der Waals surface area contributed by atoms with Crippen molar-refractivity contribution in [2.24, 2.45) is 11.7 Å². The average molecular weight is 255 g/mol. The van der Waals surface area contributed by atoms with Gasteiger partial charge in [-0.1, -0.05) is 37.6 Å². The number of benzene rings is 1. The van der Waals surface area contributed by atoms with Crippen LogP contribution in [0.4, 0.5) is 0 Å². The number of primary amides is 1. The zero-order valence-corrected chi connectivity index (χ0v) is 11.2. The van der Waals surface area contributed by atoms with Crippen LogP contribution in [0.2, 0.25) is 5.02 Å². The summed E-state index contributed by atoms with van der Waals surface area (Å²) in [5, 5.41) is 3.80. The summed E-state index contributed by atoms with van der Waals surface area (Å²) < 4.78 is 0. The summed E-state index contributed by atoms with van der Waals surface area (Å²) in [6.07, 6.45) is 0. The predicted octanol–water partition coefficient (Wildman–Crippen LogP) is 2.29. The first-order valence-electron chi connectivity index (χ1n) is 5.67. The molecule has 1 unspecified atom stereocenters. The quantitative estimate of drug-likeness (QED) is 0.847. The molecule has 0 saturated carbocycles. The van der Waals surface area contributed by atoms with E-state index in [1.54, 1.807) is 19.1 Å². The van der Waals surface area contributed by atoms with E-state index < -0.39 is 11.4 Å². The Morgan fingerprint density at radius 1 is 1.53 bits per heavy atom. The van der Waals surface area contributed by atoms with Gasteiger partial charge in [-0.25, -0.2) is 0 Å². The first kappa shape index (κ1) is 14.0. The van der Waals surface area contributed by atoms with E-state index in [4.69, 9.17) is 17.3 Å². The van der Waals surface area contributed by atoms with Crippen LogP contribution in [0.3, 0.4) is 0 Å². The summed E-state index contributed by atoms with van der Waals surface area (Å²) in [6, 6.07) is 7.20. The van der Waals surface area contributed by atoms with Gasteiger partial charge in [0.15, 0.2) is 0 Å². The van der Waals surface area contributed by atoms with Crippen LogP contribution in [0.5, 0.6) is 0 Å². The molecule has 0 aromatic heterocycles. The van der Waals surface area contributed by atoms with Gasteiger partial charge in [0.1, 0.15) is 5.54 Å². The van der Waals surface area contributed by atoms with Crippen LogP contribution in [-0.2, 0) is 10.3 Å². The van der Waals surface area contributed by atoms with Gasteiger partial charge in [0.2, 0.25) is 5.91 Å². The van der Waals surface area contributed by atoms with Gasteiger partial charge in [0.25, 0.3) is 0 Å². The molecule has 0 saturated heterocycles. The summed E-state index contributed by atoms with van der Waals surface area (Å²) >= 11 is 5.94. The Labute approximate surface area is 107 Å². The molecule has 17 heavy (non-hydrogen) atoms. The number of nitrogens with two attached hydrogens (primary N) is 1. The lowest BCUT2D eigenvalue weighted by Gasteiger charge is -2.29. The molecule has 0 heterocycles. The van der Waals surface area contributed by atoms with Gasteiger partial charge in [-0.15, -0.1) is 0 Å². The number of halogens is 1. The van der Waals surface area contributed by atoms with Crippen molar-refractivity contribution in [3.63, 3.8) is 0 Å². The predicted molar refractivity (Wildman–Crippen MR) is 70.8 cm³/mol. The van der Waals surface area contributed by atoms with Gasteiger partial charge in [-0.05, 0) is 37.1 Å². The maximum atomic E-state index is 11.7. The van der Waals surface area contributed by atoms with Crippen LogP contribution in [0.1, 0.15) is 26.3 Å². The van der Waals surface area contributed by atoms with Crippen molar-refractivity contribution in [3.8, 4) is 0 Å². The Morgan fingerprint density at radius 2 is 2.18 bits per heavy atom. The molecule has 0 aliphatic heterocycles. The van der Waals surface area contributed by atoms with E-state index in [2.05, 4.69) is 19.2 Å². The fraction of sp³-hybridized carbons (Fsp3) is 0.462. The normalized spacial score (nSPS) is 14.6. The molecule has 0 radical (unpaired) electrons. The van der Waals surface area contributed by atoms with E-state index in [0.29, 0.717) is 17.5 Å². The topological polar surface area (TPSA) is 55.1 Å². The highest BCUT2D eigenvalue weighted by molar-refractivity contribution is 6.30. The average Bonchev–Trinajstić information content (AvgIpc) is 2.25. The smallest absolute Gasteiger partial charge is 0.242 e. The lowest BCUT2D eigenvalue weighted by molar-refractivity contribution is -0.124. The summed E-state index contributed by atoms with van der Waals surface area (Å²) in [7, 11) is 0. The number of carbonyl (C=O) groups is 1. The van der Waals surface area contributed by atoms with Crippen LogP contribution >= 0.6 is 11.6 Å². The van der Waals surface area contributed by atoms with Crippen LogP contribution < -0.4 is 11.1 Å². The van der Waals surface area contributed by atoms with Crippen molar-refractivity contribution in [1.82, 2.24) is 5.32 Å². The van der Waals surface area contributed by atoms with Gasteiger partial charge in [-0.2, -0.15) is 0 Å². The maximum Gasteiger partial charge on any atom is 0.242 e. The van der Waals surface area contributed by atoms with Gasteiger partial charge >= 0.3 is 0 Å². The molecular formula is C13H19ClN2O. The van der Waals surface area contributed by atoms with Crippen molar-refractivity contribution in [1.29, 1.82) is 0 Å². The van der Waals surface area contributed by atoms with E-state index >= 15 is 0 Å². The fourth-order valence-electron chi connectivity index (χ4n) is 1.54. The standard InChI is InChI=1S/C13H19ClN2O/c1-9(2)8-16-13(3,12(15)17)10-5-4-6-11(14)7-10/h4-7,9,16H,8H2,1-3H3,(H2,15,17). The third-order valence-electron chi connectivity index (χ3n) is 2.76. The monoisotopic (exact) mass is 254 g/mol. The second-order valence-electron chi connectivity index (χ2n) is 4.77. The molecule has 94 valence electrons. The Kier molecular flexibility index (Phi) is 4.54. The lowest BCUT2D eigenvalue weighted by Crippen LogP contribution is -2.51. The maximum absolute atomic E-state index is 11.7. The minimum absolute atomic E-state index is 0.402. The number of amides is 1. The second kappa shape index (κ2) is 5.52. The molecule has 1 rings (SSSR count). The highest BCUT2D eigenvalue weighted by Gasteiger charge is 2.32. The largest absolute Gasteiger partial charge is 0.368 e. The minimum Gasteiger partial charge on any atom is -0.368 e. The zero-order valence-electron chi connectivity index (χ0n) is 10.5.